The molecule has 7 heteroatoms. The molecule has 1 amide bonds. The van der Waals surface area contributed by atoms with Gasteiger partial charge in [0.05, 0.1) is 18.4 Å². The van der Waals surface area contributed by atoms with Gasteiger partial charge in [0.1, 0.15) is 5.75 Å². The van der Waals surface area contributed by atoms with Crippen LogP contribution in [0.15, 0.2) is 29.4 Å². The first-order chi connectivity index (χ1) is 12.1. The molecule has 1 aromatic carbocycles. The Kier molecular flexibility index (Phi) is 5.13. The molecule has 0 spiro atoms. The summed E-state index contributed by atoms with van der Waals surface area (Å²) in [4.78, 5) is 14.1. The topological polar surface area (TPSA) is 59.7 Å². The zero-order valence-electron chi connectivity index (χ0n) is 14.9. The molecule has 25 heavy (non-hydrogen) atoms. The van der Waals surface area contributed by atoms with Crippen LogP contribution in [0.2, 0.25) is 0 Å². The normalized spacial score (nSPS) is 11.2. The lowest BCUT2D eigenvalue weighted by Gasteiger charge is -2.17. The molecule has 2 aromatic heterocycles. The molecule has 0 atom stereocenters. The summed E-state index contributed by atoms with van der Waals surface area (Å²) in [6.07, 6.45) is 0. The number of carbonyl (C=O) groups is 1. The van der Waals surface area contributed by atoms with Gasteiger partial charge in [-0.25, -0.2) is 0 Å². The van der Waals surface area contributed by atoms with Gasteiger partial charge >= 0.3 is 0 Å². The Morgan fingerprint density at radius 3 is 2.68 bits per heavy atom. The minimum Gasteiger partial charge on any atom is -0.497 e. The molecule has 6 nitrogen and oxygen atoms in total. The highest BCUT2D eigenvalue weighted by Gasteiger charge is 2.16. The van der Waals surface area contributed by atoms with Crippen LogP contribution in [0.4, 0.5) is 0 Å². The van der Waals surface area contributed by atoms with Gasteiger partial charge in [-0.05, 0) is 49.9 Å². The van der Waals surface area contributed by atoms with Crippen molar-refractivity contribution in [3.8, 4) is 5.75 Å². The van der Waals surface area contributed by atoms with E-state index in [0.717, 1.165) is 46.1 Å². The quantitative estimate of drug-likeness (QED) is 0.634. The molecule has 0 aliphatic carbocycles. The number of rotatable bonds is 6. The van der Waals surface area contributed by atoms with Crippen LogP contribution >= 0.6 is 11.8 Å². The Morgan fingerprint density at radius 1 is 1.24 bits per heavy atom. The number of nitrogens with zero attached hydrogens (tertiary/aromatic N) is 4. The lowest BCUT2D eigenvalue weighted by molar-refractivity contribution is -0.127. The van der Waals surface area contributed by atoms with E-state index in [1.54, 1.807) is 7.11 Å². The maximum atomic E-state index is 12.3. The Labute approximate surface area is 151 Å². The van der Waals surface area contributed by atoms with E-state index >= 15 is 0 Å². The van der Waals surface area contributed by atoms with Gasteiger partial charge in [-0.1, -0.05) is 11.8 Å². The molecule has 3 rings (SSSR count). The highest BCUT2D eigenvalue weighted by atomic mass is 32.2. The Balaban J connectivity index is 2.02. The lowest BCUT2D eigenvalue weighted by atomic mass is 10.1. The fourth-order valence-corrected chi connectivity index (χ4v) is 3.74. The maximum absolute atomic E-state index is 12.3. The molecule has 3 aromatic rings. The highest BCUT2D eigenvalue weighted by Crippen LogP contribution is 2.28. The van der Waals surface area contributed by atoms with Gasteiger partial charge < -0.3 is 9.64 Å². The van der Waals surface area contributed by atoms with E-state index in [4.69, 9.17) is 4.74 Å². The first-order valence-corrected chi connectivity index (χ1v) is 9.30. The van der Waals surface area contributed by atoms with E-state index in [2.05, 4.69) is 16.3 Å². The Morgan fingerprint density at radius 2 is 2.00 bits per heavy atom. The summed E-state index contributed by atoms with van der Waals surface area (Å²) >= 11 is 1.42. The molecule has 2 heterocycles. The monoisotopic (exact) mass is 358 g/mol. The van der Waals surface area contributed by atoms with Gasteiger partial charge in [-0.15, -0.1) is 10.2 Å². The first-order valence-electron chi connectivity index (χ1n) is 8.32. The van der Waals surface area contributed by atoms with Gasteiger partial charge in [0, 0.05) is 19.2 Å². The number of fused-ring (bicyclic) bond motifs is 3. The molecule has 0 aliphatic rings. The van der Waals surface area contributed by atoms with Crippen LogP contribution in [0, 0.1) is 6.92 Å². The summed E-state index contributed by atoms with van der Waals surface area (Å²) in [5, 5.41) is 10.4. The smallest absolute Gasteiger partial charge is 0.233 e. The number of aryl methyl sites for hydroxylation is 1. The number of hydrogen-bond acceptors (Lipinski definition) is 5. The third kappa shape index (κ3) is 3.28. The maximum Gasteiger partial charge on any atom is 0.233 e. The molecule has 0 saturated heterocycles. The van der Waals surface area contributed by atoms with E-state index in [1.165, 1.54) is 11.8 Å². The standard InChI is InChI=1S/C18H22N4O2S/c1-5-21(6-2)16(23)11-25-18-20-19-17-12(3)9-13-7-8-14(24-4)10-15(13)22(17)18/h7-10H,5-6,11H2,1-4H3. The summed E-state index contributed by atoms with van der Waals surface area (Å²) in [5.41, 5.74) is 2.83. The van der Waals surface area contributed by atoms with Gasteiger partial charge in [0.25, 0.3) is 0 Å². The van der Waals surface area contributed by atoms with Gasteiger partial charge in [0.2, 0.25) is 5.91 Å². The number of amides is 1. The molecule has 0 fully saturated rings. The molecule has 0 saturated carbocycles. The zero-order chi connectivity index (χ0) is 18.0. The summed E-state index contributed by atoms with van der Waals surface area (Å²) in [6.45, 7) is 7.43. The molecule has 0 aliphatic heterocycles. The van der Waals surface area contributed by atoms with Crippen LogP contribution in [-0.4, -0.2) is 51.4 Å². The van der Waals surface area contributed by atoms with Crippen LogP contribution in [0.25, 0.3) is 16.6 Å². The second-order valence-corrected chi connectivity index (χ2v) is 6.69. The number of ether oxygens (including phenoxy) is 1. The van der Waals surface area contributed by atoms with Crippen molar-refractivity contribution in [2.45, 2.75) is 25.9 Å². The molecule has 0 bridgehead atoms. The average molecular weight is 358 g/mol. The predicted octanol–water partition coefficient (Wildman–Crippen LogP) is 3.16. The average Bonchev–Trinajstić information content (AvgIpc) is 3.06. The van der Waals surface area contributed by atoms with Crippen molar-refractivity contribution in [1.29, 1.82) is 0 Å². The summed E-state index contributed by atoms with van der Waals surface area (Å²) in [6, 6.07) is 8.03. The van der Waals surface area contributed by atoms with E-state index in [-0.39, 0.29) is 5.91 Å². The van der Waals surface area contributed by atoms with Crippen molar-refractivity contribution in [2.75, 3.05) is 26.0 Å². The Hall–Kier alpha value is -2.28. The number of carbonyl (C=O) groups excluding carboxylic acids is 1. The van der Waals surface area contributed by atoms with Gasteiger partial charge in [-0.3, -0.25) is 9.20 Å². The van der Waals surface area contributed by atoms with E-state index in [0.29, 0.717) is 5.75 Å². The summed E-state index contributed by atoms with van der Waals surface area (Å²) in [5.74, 6) is 1.24. The number of pyridine rings is 1. The number of methoxy groups -OCH3 is 1. The fraction of sp³-hybridized carbons (Fsp3) is 0.389. The molecular weight excluding hydrogens is 336 g/mol. The SMILES string of the molecule is CCN(CC)C(=O)CSc1nnc2c(C)cc3ccc(OC)cc3n12. The minimum absolute atomic E-state index is 0.112. The zero-order valence-corrected chi connectivity index (χ0v) is 15.8. The Bertz CT molecular complexity index is 918. The van der Waals surface area contributed by atoms with Crippen LogP contribution in [0.5, 0.6) is 5.75 Å². The van der Waals surface area contributed by atoms with Crippen LogP contribution in [0.1, 0.15) is 19.4 Å². The molecular formula is C18H22N4O2S. The van der Waals surface area contributed by atoms with Crippen LogP contribution < -0.4 is 4.74 Å². The van der Waals surface area contributed by atoms with Crippen molar-refractivity contribution in [1.82, 2.24) is 19.5 Å². The van der Waals surface area contributed by atoms with E-state index < -0.39 is 0 Å². The van der Waals surface area contributed by atoms with E-state index in [1.807, 2.05) is 48.3 Å². The second kappa shape index (κ2) is 7.31. The summed E-state index contributed by atoms with van der Waals surface area (Å²) < 4.78 is 7.36. The first kappa shape index (κ1) is 17.5. The molecule has 0 N–H and O–H groups in total. The fourth-order valence-electron chi connectivity index (χ4n) is 2.89. The third-order valence-corrected chi connectivity index (χ3v) is 5.19. The summed E-state index contributed by atoms with van der Waals surface area (Å²) in [7, 11) is 1.65. The van der Waals surface area contributed by atoms with Gasteiger partial charge in [-0.2, -0.15) is 0 Å². The van der Waals surface area contributed by atoms with Crippen molar-refractivity contribution < 1.29 is 9.53 Å². The van der Waals surface area contributed by atoms with Crippen LogP contribution in [0.3, 0.4) is 0 Å². The van der Waals surface area contributed by atoms with Crippen molar-refractivity contribution >= 4 is 34.2 Å². The van der Waals surface area contributed by atoms with E-state index in [9.17, 15) is 4.79 Å². The number of hydrogen-bond donors (Lipinski definition) is 0. The number of benzene rings is 1. The molecule has 0 radical (unpaired) electrons. The number of thioether (sulfide) groups is 1. The van der Waals surface area contributed by atoms with Crippen molar-refractivity contribution in [3.63, 3.8) is 0 Å². The highest BCUT2D eigenvalue weighted by molar-refractivity contribution is 7.99. The van der Waals surface area contributed by atoms with Gasteiger partial charge in [0.15, 0.2) is 10.8 Å². The minimum atomic E-state index is 0.112. The van der Waals surface area contributed by atoms with Crippen molar-refractivity contribution in [2.24, 2.45) is 0 Å². The van der Waals surface area contributed by atoms with Crippen molar-refractivity contribution in [3.05, 3.63) is 29.8 Å². The number of aromatic nitrogens is 3. The largest absolute Gasteiger partial charge is 0.497 e. The molecule has 0 unspecified atom stereocenters. The van der Waals surface area contributed by atoms with Crippen LogP contribution in [-0.2, 0) is 4.79 Å². The lowest BCUT2D eigenvalue weighted by Crippen LogP contribution is -2.31. The molecule has 132 valence electrons. The third-order valence-electron chi connectivity index (χ3n) is 4.28. The second-order valence-electron chi connectivity index (χ2n) is 5.75. The predicted molar refractivity (Wildman–Crippen MR) is 100 cm³/mol.